The second kappa shape index (κ2) is 5.20. The van der Waals surface area contributed by atoms with Gasteiger partial charge in [-0.05, 0) is 6.42 Å². The molecule has 0 bridgehead atoms. The van der Waals surface area contributed by atoms with Crippen LogP contribution in [0.15, 0.2) is 0 Å². The minimum absolute atomic E-state index is 0.132. The number of ketones is 1. The van der Waals surface area contributed by atoms with Crippen LogP contribution in [0.3, 0.4) is 0 Å². The van der Waals surface area contributed by atoms with Crippen LogP contribution in [0.5, 0.6) is 0 Å². The highest BCUT2D eigenvalue weighted by Gasteiger charge is 2.27. The zero-order valence-electron chi connectivity index (χ0n) is 10.4. The van der Waals surface area contributed by atoms with Crippen LogP contribution < -0.4 is 0 Å². The summed E-state index contributed by atoms with van der Waals surface area (Å²) in [4.78, 5) is 11.9. The number of hydrogen-bond donors (Lipinski definition) is 0. The molecular formula is C12H24OS. The number of rotatable bonds is 5. The lowest BCUT2D eigenvalue weighted by Gasteiger charge is -2.24. The predicted octanol–water partition coefficient (Wildman–Crippen LogP) is 3.91. The van der Waals surface area contributed by atoms with E-state index in [1.807, 2.05) is 0 Å². The van der Waals surface area contributed by atoms with Crippen LogP contribution in [0.1, 0.15) is 54.4 Å². The van der Waals surface area contributed by atoms with Gasteiger partial charge in [-0.1, -0.05) is 48.0 Å². The topological polar surface area (TPSA) is 17.1 Å². The standard InChI is InChI=1S/C12H24OS/c1-7-8-12(5,6)10(13)9-14-11(2,3)4/h7-9H2,1-6H3. The molecule has 0 aliphatic heterocycles. The number of carbonyl (C=O) groups excluding carboxylic acids is 1. The lowest BCUT2D eigenvalue weighted by atomic mass is 9.84. The number of thioether (sulfide) groups is 1. The van der Waals surface area contributed by atoms with Crippen molar-refractivity contribution in [2.75, 3.05) is 5.75 Å². The van der Waals surface area contributed by atoms with E-state index >= 15 is 0 Å². The minimum atomic E-state index is -0.132. The van der Waals surface area contributed by atoms with Crippen LogP contribution in [-0.4, -0.2) is 16.3 Å². The van der Waals surface area contributed by atoms with Crippen molar-refractivity contribution in [1.29, 1.82) is 0 Å². The molecule has 0 aliphatic carbocycles. The highest BCUT2D eigenvalue weighted by Crippen LogP contribution is 2.29. The van der Waals surface area contributed by atoms with Gasteiger partial charge in [-0.15, -0.1) is 11.8 Å². The summed E-state index contributed by atoms with van der Waals surface area (Å²) in [6.45, 7) is 12.7. The fourth-order valence-corrected chi connectivity index (χ4v) is 2.20. The smallest absolute Gasteiger partial charge is 0.148 e. The number of hydrogen-bond acceptors (Lipinski definition) is 2. The van der Waals surface area contributed by atoms with Gasteiger partial charge in [0.1, 0.15) is 5.78 Å². The van der Waals surface area contributed by atoms with Crippen LogP contribution in [0, 0.1) is 5.41 Å². The molecule has 2 heteroatoms. The van der Waals surface area contributed by atoms with Crippen molar-refractivity contribution < 1.29 is 4.79 Å². The summed E-state index contributed by atoms with van der Waals surface area (Å²) in [7, 11) is 0. The van der Waals surface area contributed by atoms with Gasteiger partial charge in [0.2, 0.25) is 0 Å². The molecule has 0 unspecified atom stereocenters. The Hall–Kier alpha value is 0.0200. The van der Waals surface area contributed by atoms with Crippen LogP contribution in [0.25, 0.3) is 0 Å². The van der Waals surface area contributed by atoms with Gasteiger partial charge in [0, 0.05) is 10.2 Å². The third-order valence-electron chi connectivity index (χ3n) is 2.27. The third-order valence-corrected chi connectivity index (χ3v) is 3.54. The van der Waals surface area contributed by atoms with Crippen molar-refractivity contribution in [3.8, 4) is 0 Å². The normalized spacial score (nSPS) is 13.0. The fourth-order valence-electron chi connectivity index (χ4n) is 1.24. The first kappa shape index (κ1) is 14.0. The Morgan fingerprint density at radius 2 is 1.64 bits per heavy atom. The largest absolute Gasteiger partial charge is 0.298 e. The van der Waals surface area contributed by atoms with Gasteiger partial charge in [-0.2, -0.15) is 0 Å². The van der Waals surface area contributed by atoms with Crippen LogP contribution in [0.4, 0.5) is 0 Å². The minimum Gasteiger partial charge on any atom is -0.298 e. The molecule has 0 rings (SSSR count). The Bertz CT molecular complexity index is 189. The van der Waals surface area contributed by atoms with E-state index in [-0.39, 0.29) is 10.2 Å². The Balaban J connectivity index is 4.08. The second-order valence-corrected chi connectivity index (χ2v) is 7.26. The quantitative estimate of drug-likeness (QED) is 0.693. The lowest BCUT2D eigenvalue weighted by molar-refractivity contribution is -0.124. The van der Waals surface area contributed by atoms with Gasteiger partial charge >= 0.3 is 0 Å². The predicted molar refractivity (Wildman–Crippen MR) is 65.9 cm³/mol. The van der Waals surface area contributed by atoms with E-state index in [0.29, 0.717) is 11.5 Å². The van der Waals surface area contributed by atoms with Crippen molar-refractivity contribution in [1.82, 2.24) is 0 Å². The Kier molecular flexibility index (Phi) is 5.21. The monoisotopic (exact) mass is 216 g/mol. The van der Waals surface area contributed by atoms with Gasteiger partial charge < -0.3 is 0 Å². The average molecular weight is 216 g/mol. The highest BCUT2D eigenvalue weighted by molar-refractivity contribution is 8.01. The zero-order valence-corrected chi connectivity index (χ0v) is 11.3. The van der Waals surface area contributed by atoms with Gasteiger partial charge in [0.15, 0.2) is 0 Å². The molecule has 0 heterocycles. The summed E-state index contributed by atoms with van der Waals surface area (Å²) in [5.41, 5.74) is -0.132. The number of carbonyl (C=O) groups is 1. The molecule has 0 saturated carbocycles. The van der Waals surface area contributed by atoms with E-state index in [4.69, 9.17) is 0 Å². The van der Waals surface area contributed by atoms with E-state index in [1.54, 1.807) is 11.8 Å². The molecule has 0 aromatic rings. The fraction of sp³-hybridized carbons (Fsp3) is 0.917. The van der Waals surface area contributed by atoms with E-state index in [2.05, 4.69) is 41.5 Å². The highest BCUT2D eigenvalue weighted by atomic mass is 32.2. The van der Waals surface area contributed by atoms with Crippen LogP contribution in [-0.2, 0) is 4.79 Å². The van der Waals surface area contributed by atoms with Crippen molar-refractivity contribution >= 4 is 17.5 Å². The summed E-state index contributed by atoms with van der Waals surface area (Å²) < 4.78 is 0.192. The van der Waals surface area contributed by atoms with Crippen molar-refractivity contribution in [2.24, 2.45) is 5.41 Å². The molecule has 0 fully saturated rings. The first-order chi connectivity index (χ1) is 6.19. The molecule has 0 saturated heterocycles. The maximum absolute atomic E-state index is 11.9. The Morgan fingerprint density at radius 1 is 1.14 bits per heavy atom. The van der Waals surface area contributed by atoms with Crippen LogP contribution in [0.2, 0.25) is 0 Å². The van der Waals surface area contributed by atoms with Gasteiger partial charge in [0.05, 0.1) is 5.75 Å². The summed E-state index contributed by atoms with van der Waals surface area (Å²) >= 11 is 1.74. The van der Waals surface area contributed by atoms with Crippen molar-refractivity contribution in [3.63, 3.8) is 0 Å². The van der Waals surface area contributed by atoms with E-state index in [1.165, 1.54) is 0 Å². The lowest BCUT2D eigenvalue weighted by Crippen LogP contribution is -2.27. The molecule has 0 atom stereocenters. The van der Waals surface area contributed by atoms with Gasteiger partial charge in [-0.3, -0.25) is 4.79 Å². The summed E-state index contributed by atoms with van der Waals surface area (Å²) in [5, 5.41) is 0. The molecule has 0 N–H and O–H groups in total. The van der Waals surface area contributed by atoms with Crippen LogP contribution >= 0.6 is 11.8 Å². The molecule has 14 heavy (non-hydrogen) atoms. The first-order valence-electron chi connectivity index (χ1n) is 5.36. The molecule has 0 radical (unpaired) electrons. The Morgan fingerprint density at radius 3 is 2.00 bits per heavy atom. The van der Waals surface area contributed by atoms with E-state index in [0.717, 1.165) is 12.8 Å². The van der Waals surface area contributed by atoms with E-state index in [9.17, 15) is 4.79 Å². The molecular weight excluding hydrogens is 192 g/mol. The molecule has 84 valence electrons. The molecule has 0 aliphatic rings. The summed E-state index contributed by atoms with van der Waals surface area (Å²) in [6, 6.07) is 0. The molecule has 0 aromatic carbocycles. The molecule has 0 spiro atoms. The maximum Gasteiger partial charge on any atom is 0.148 e. The average Bonchev–Trinajstić information content (AvgIpc) is 1.98. The Labute approximate surface area is 93.0 Å². The third kappa shape index (κ3) is 5.69. The second-order valence-electron chi connectivity index (χ2n) is 5.46. The SMILES string of the molecule is CCCC(C)(C)C(=O)CSC(C)(C)C. The van der Waals surface area contributed by atoms with Crippen molar-refractivity contribution in [2.45, 2.75) is 59.1 Å². The maximum atomic E-state index is 11.9. The zero-order chi connectivity index (χ0) is 11.4. The first-order valence-corrected chi connectivity index (χ1v) is 6.35. The molecule has 1 nitrogen and oxygen atoms in total. The van der Waals surface area contributed by atoms with Crippen molar-refractivity contribution in [3.05, 3.63) is 0 Å². The van der Waals surface area contributed by atoms with E-state index < -0.39 is 0 Å². The summed E-state index contributed by atoms with van der Waals surface area (Å²) in [5.74, 6) is 1.04. The molecule has 0 aromatic heterocycles. The number of Topliss-reactive ketones (excluding diaryl/α,β-unsaturated/α-hetero) is 1. The van der Waals surface area contributed by atoms with Gasteiger partial charge in [-0.25, -0.2) is 0 Å². The van der Waals surface area contributed by atoms with Gasteiger partial charge in [0.25, 0.3) is 0 Å². The summed E-state index contributed by atoms with van der Waals surface area (Å²) in [6.07, 6.45) is 2.08. The molecule has 0 amide bonds.